The standard InChI is InChI=1S/C17H17F2N5O3S2.C2HF3O2/c1-29(26,27)14-5-2-11(3-6-14)15-7-4-13(28-15)10-24-17(25)23(21-22-24)9-12(8-20)16(18)19;3-2(4,5)1(6)7/h2-7H,8-10,20H2,1H3;(H,6,7). The third kappa shape index (κ3) is 7.79. The van der Waals surface area contributed by atoms with Crippen molar-refractivity contribution in [3.8, 4) is 10.4 Å². The van der Waals surface area contributed by atoms with Crippen molar-refractivity contribution in [3.63, 3.8) is 0 Å². The average Bonchev–Trinajstić information content (AvgIpc) is 3.38. The van der Waals surface area contributed by atoms with Gasteiger partial charge in [-0.25, -0.2) is 18.0 Å². The number of rotatable bonds is 7. The molecule has 17 heteroatoms. The molecule has 3 N–H and O–H groups in total. The van der Waals surface area contributed by atoms with Crippen LogP contribution in [-0.2, 0) is 27.7 Å². The van der Waals surface area contributed by atoms with Gasteiger partial charge in [-0.2, -0.15) is 31.3 Å². The molecule has 0 bridgehead atoms. The van der Waals surface area contributed by atoms with E-state index in [1.807, 2.05) is 12.1 Å². The number of nitrogens with two attached hydrogens (primary N) is 1. The van der Waals surface area contributed by atoms with Crippen LogP contribution in [0.25, 0.3) is 10.4 Å². The molecule has 196 valence electrons. The minimum absolute atomic E-state index is 0.130. The lowest BCUT2D eigenvalue weighted by Gasteiger charge is -2.01. The van der Waals surface area contributed by atoms with E-state index < -0.39 is 40.3 Å². The Morgan fingerprint density at radius 3 is 2.11 bits per heavy atom. The Morgan fingerprint density at radius 1 is 1.08 bits per heavy atom. The Kier molecular flexibility index (Phi) is 9.22. The molecule has 36 heavy (non-hydrogen) atoms. The molecular weight excluding hydrogens is 537 g/mol. The molecule has 0 aliphatic rings. The quantitative estimate of drug-likeness (QED) is 0.422. The van der Waals surface area contributed by atoms with Gasteiger partial charge in [-0.05, 0) is 40.3 Å². The largest absolute Gasteiger partial charge is 0.490 e. The summed E-state index contributed by atoms with van der Waals surface area (Å²) < 4.78 is 82.2. The minimum atomic E-state index is -5.08. The van der Waals surface area contributed by atoms with Crippen LogP contribution in [0.1, 0.15) is 4.88 Å². The molecule has 2 aromatic heterocycles. The number of carboxylic acid groups (broad SMARTS) is 1. The van der Waals surface area contributed by atoms with Gasteiger partial charge in [0.25, 0.3) is 6.08 Å². The molecule has 2 heterocycles. The first kappa shape index (κ1) is 28.8. The fraction of sp³-hybridized carbons (Fsp3) is 0.263. The highest BCUT2D eigenvalue weighted by Crippen LogP contribution is 2.29. The fourth-order valence-corrected chi connectivity index (χ4v) is 4.15. The predicted octanol–water partition coefficient (Wildman–Crippen LogP) is 2.36. The molecule has 3 rings (SSSR count). The smallest absolute Gasteiger partial charge is 0.475 e. The van der Waals surface area contributed by atoms with E-state index in [1.165, 1.54) is 23.5 Å². The topological polar surface area (TPSA) is 150 Å². The highest BCUT2D eigenvalue weighted by atomic mass is 32.2. The Hall–Kier alpha value is -3.44. The monoisotopic (exact) mass is 555 g/mol. The first-order valence-corrected chi connectivity index (χ1v) is 12.3. The number of aliphatic carboxylic acids is 1. The molecule has 0 amide bonds. The summed E-state index contributed by atoms with van der Waals surface area (Å²) in [6.07, 6.45) is -5.87. The lowest BCUT2D eigenvalue weighted by atomic mass is 10.2. The molecule has 0 aliphatic carbocycles. The van der Waals surface area contributed by atoms with E-state index in [2.05, 4.69) is 10.4 Å². The molecule has 1 aromatic carbocycles. The zero-order valence-corrected chi connectivity index (χ0v) is 19.9. The van der Waals surface area contributed by atoms with Gasteiger partial charge in [0, 0.05) is 28.1 Å². The number of alkyl halides is 3. The number of sulfone groups is 1. The average molecular weight is 556 g/mol. The molecule has 0 saturated heterocycles. The number of hydrogen-bond acceptors (Lipinski definition) is 8. The third-order valence-electron chi connectivity index (χ3n) is 4.33. The molecule has 0 radical (unpaired) electrons. The van der Waals surface area contributed by atoms with Crippen molar-refractivity contribution in [2.45, 2.75) is 24.2 Å². The highest BCUT2D eigenvalue weighted by Gasteiger charge is 2.38. The molecule has 0 spiro atoms. The van der Waals surface area contributed by atoms with E-state index in [1.54, 1.807) is 12.1 Å². The number of carboxylic acids is 1. The van der Waals surface area contributed by atoms with E-state index in [0.717, 1.165) is 30.9 Å². The number of aromatic nitrogens is 4. The SMILES string of the molecule is CS(=O)(=O)c1ccc(-c2ccc(Cn3nnn(CC(CN)=C(F)F)c3=O)s2)cc1.O=C(O)C(F)(F)F. The number of nitrogens with zero attached hydrogens (tertiary/aromatic N) is 4. The Morgan fingerprint density at radius 2 is 1.64 bits per heavy atom. The van der Waals surface area contributed by atoms with E-state index in [-0.39, 0.29) is 23.6 Å². The Labute approximate surface area is 204 Å². The second-order valence-electron chi connectivity index (χ2n) is 7.01. The normalized spacial score (nSPS) is 11.5. The van der Waals surface area contributed by atoms with Crippen LogP contribution in [-0.4, -0.2) is 58.3 Å². The number of thiophene rings is 1. The maximum atomic E-state index is 12.7. The van der Waals surface area contributed by atoms with E-state index >= 15 is 0 Å². The number of halogens is 5. The highest BCUT2D eigenvalue weighted by molar-refractivity contribution is 7.90. The molecule has 0 fully saturated rings. The second kappa shape index (κ2) is 11.5. The molecule has 0 saturated carbocycles. The zero-order valence-electron chi connectivity index (χ0n) is 18.2. The van der Waals surface area contributed by atoms with Crippen LogP contribution in [0.2, 0.25) is 0 Å². The van der Waals surface area contributed by atoms with Crippen LogP contribution < -0.4 is 11.4 Å². The number of carbonyl (C=O) groups is 1. The molecule has 10 nitrogen and oxygen atoms in total. The number of benzene rings is 1. The van der Waals surface area contributed by atoms with Crippen molar-refractivity contribution in [1.82, 2.24) is 19.8 Å². The van der Waals surface area contributed by atoms with Crippen molar-refractivity contribution in [3.05, 3.63) is 63.4 Å². The van der Waals surface area contributed by atoms with Gasteiger partial charge in [-0.3, -0.25) is 0 Å². The van der Waals surface area contributed by atoms with Gasteiger partial charge in [0.05, 0.1) is 18.0 Å². The lowest BCUT2D eigenvalue weighted by molar-refractivity contribution is -0.192. The molecule has 0 aliphatic heterocycles. The van der Waals surface area contributed by atoms with Gasteiger partial charge in [-0.1, -0.05) is 12.1 Å². The van der Waals surface area contributed by atoms with Crippen LogP contribution in [0.15, 0.2) is 57.7 Å². The van der Waals surface area contributed by atoms with Crippen LogP contribution in [0.5, 0.6) is 0 Å². The fourth-order valence-electron chi connectivity index (χ4n) is 2.52. The van der Waals surface area contributed by atoms with E-state index in [4.69, 9.17) is 15.6 Å². The summed E-state index contributed by atoms with van der Waals surface area (Å²) in [4.78, 5) is 23.1. The Balaban J connectivity index is 0.000000572. The maximum Gasteiger partial charge on any atom is 0.490 e. The van der Waals surface area contributed by atoms with E-state index in [0.29, 0.717) is 0 Å². The predicted molar refractivity (Wildman–Crippen MR) is 118 cm³/mol. The van der Waals surface area contributed by atoms with Crippen LogP contribution >= 0.6 is 11.3 Å². The molecular formula is C19H18F5N5O5S2. The first-order valence-electron chi connectivity index (χ1n) is 9.56. The van der Waals surface area contributed by atoms with Gasteiger partial charge in [0.1, 0.15) is 0 Å². The number of hydrogen-bond donors (Lipinski definition) is 2. The van der Waals surface area contributed by atoms with E-state index in [9.17, 15) is 35.2 Å². The lowest BCUT2D eigenvalue weighted by Crippen LogP contribution is -2.27. The van der Waals surface area contributed by atoms with Gasteiger partial charge in [0.15, 0.2) is 9.84 Å². The molecule has 3 aromatic rings. The van der Waals surface area contributed by atoms with Gasteiger partial charge in [0.2, 0.25) is 0 Å². The maximum absolute atomic E-state index is 12.7. The summed E-state index contributed by atoms with van der Waals surface area (Å²) in [5.41, 5.74) is 5.09. The summed E-state index contributed by atoms with van der Waals surface area (Å²) in [7, 11) is -3.27. The number of tetrazole rings is 1. The van der Waals surface area contributed by atoms with Crippen LogP contribution in [0.3, 0.4) is 0 Å². The summed E-state index contributed by atoms with van der Waals surface area (Å²) in [5.74, 6) is -2.76. The first-order chi connectivity index (χ1) is 16.6. The van der Waals surface area contributed by atoms with Crippen molar-refractivity contribution in [2.24, 2.45) is 5.73 Å². The summed E-state index contributed by atoms with van der Waals surface area (Å²) in [6, 6.07) is 10.1. The Bertz CT molecular complexity index is 1410. The van der Waals surface area contributed by atoms with Crippen molar-refractivity contribution < 1.29 is 40.3 Å². The van der Waals surface area contributed by atoms with Crippen LogP contribution in [0.4, 0.5) is 22.0 Å². The van der Waals surface area contributed by atoms with Gasteiger partial charge >= 0.3 is 17.8 Å². The van der Waals surface area contributed by atoms with Gasteiger partial charge in [-0.15, -0.1) is 11.3 Å². The van der Waals surface area contributed by atoms with Gasteiger partial charge < -0.3 is 10.8 Å². The summed E-state index contributed by atoms with van der Waals surface area (Å²) in [6.45, 7) is -0.668. The summed E-state index contributed by atoms with van der Waals surface area (Å²) in [5, 5.41) is 14.5. The van der Waals surface area contributed by atoms with Crippen molar-refractivity contribution in [1.29, 1.82) is 0 Å². The van der Waals surface area contributed by atoms with Crippen molar-refractivity contribution >= 4 is 27.1 Å². The summed E-state index contributed by atoms with van der Waals surface area (Å²) >= 11 is 1.40. The molecule has 0 atom stereocenters. The van der Waals surface area contributed by atoms with Crippen molar-refractivity contribution in [2.75, 3.05) is 12.8 Å². The third-order valence-corrected chi connectivity index (χ3v) is 6.58. The molecule has 0 unspecified atom stereocenters. The van der Waals surface area contributed by atoms with Crippen LogP contribution in [0, 0.1) is 0 Å². The second-order valence-corrected chi connectivity index (χ2v) is 10.2. The minimum Gasteiger partial charge on any atom is -0.475 e. The zero-order chi connectivity index (χ0) is 27.3.